The van der Waals surface area contributed by atoms with Gasteiger partial charge in [0.1, 0.15) is 0 Å². The highest BCUT2D eigenvalue weighted by molar-refractivity contribution is 7.92. The minimum Gasteiger partial charge on any atom is -0.481 e. The fourth-order valence-electron chi connectivity index (χ4n) is 2.31. The first-order valence-electron chi connectivity index (χ1n) is 7.12. The number of rotatable bonds is 5. The number of aromatic amines is 1. The molecule has 1 aromatic carbocycles. The van der Waals surface area contributed by atoms with Gasteiger partial charge in [0.05, 0.1) is 25.1 Å². The first kappa shape index (κ1) is 17.9. The number of ether oxygens (including phenoxy) is 1. The number of hydrogen-bond donors (Lipinski definition) is 2. The van der Waals surface area contributed by atoms with Crippen molar-refractivity contribution in [3.8, 4) is 11.9 Å². The fourth-order valence-corrected chi connectivity index (χ4v) is 3.61. The summed E-state index contributed by atoms with van der Waals surface area (Å²) in [6.45, 7) is 0. The molecule has 3 aromatic rings. The van der Waals surface area contributed by atoms with Gasteiger partial charge in [0.2, 0.25) is 5.88 Å². The zero-order valence-electron chi connectivity index (χ0n) is 13.2. The van der Waals surface area contributed by atoms with E-state index in [9.17, 15) is 12.8 Å². The number of pyridine rings is 1. The molecule has 0 saturated heterocycles. The Balaban J connectivity index is 2.03. The van der Waals surface area contributed by atoms with Crippen LogP contribution in [0, 0.1) is 17.1 Å². The van der Waals surface area contributed by atoms with E-state index in [1.165, 1.54) is 25.3 Å². The standard InChI is InChI=1S/C15H11ClFN5O3S/c1-25-14-8(4-5-18)6-11(17)13(19-14)22-26(23,24)15-10-3-2-9(16)7-12(10)20-21-15/h2-3,6-7H,4H2,1H3,(H,19,22)(H,20,21). The van der Waals surface area contributed by atoms with Crippen molar-refractivity contribution in [3.05, 3.63) is 40.7 Å². The molecule has 0 aliphatic carbocycles. The predicted octanol–water partition coefficient (Wildman–Crippen LogP) is 2.63. The van der Waals surface area contributed by atoms with Gasteiger partial charge in [-0.15, -0.1) is 0 Å². The Bertz CT molecular complexity index is 1140. The Kier molecular flexibility index (Phi) is 4.67. The average molecular weight is 396 g/mol. The van der Waals surface area contributed by atoms with Crippen LogP contribution in [0.15, 0.2) is 29.3 Å². The number of hydrogen-bond acceptors (Lipinski definition) is 6. The molecule has 2 N–H and O–H groups in total. The van der Waals surface area contributed by atoms with E-state index in [4.69, 9.17) is 21.6 Å². The molecule has 134 valence electrons. The summed E-state index contributed by atoms with van der Waals surface area (Å²) in [5, 5.41) is 15.4. The summed E-state index contributed by atoms with van der Waals surface area (Å²) in [5.74, 6) is -1.54. The fraction of sp³-hybridized carbons (Fsp3) is 0.133. The number of fused-ring (bicyclic) bond motifs is 1. The van der Waals surface area contributed by atoms with Gasteiger partial charge in [-0.3, -0.25) is 9.82 Å². The smallest absolute Gasteiger partial charge is 0.280 e. The van der Waals surface area contributed by atoms with Crippen LogP contribution in [-0.2, 0) is 16.4 Å². The van der Waals surface area contributed by atoms with Crippen molar-refractivity contribution in [1.82, 2.24) is 15.2 Å². The van der Waals surface area contributed by atoms with Gasteiger partial charge in [0, 0.05) is 16.0 Å². The van der Waals surface area contributed by atoms with Crippen molar-refractivity contribution in [2.45, 2.75) is 11.4 Å². The Labute approximate surface area is 152 Å². The van der Waals surface area contributed by atoms with Gasteiger partial charge in [-0.05, 0) is 24.3 Å². The van der Waals surface area contributed by atoms with Crippen LogP contribution < -0.4 is 9.46 Å². The molecule has 0 atom stereocenters. The lowest BCUT2D eigenvalue weighted by molar-refractivity contribution is 0.392. The second-order valence-corrected chi connectivity index (χ2v) is 7.20. The zero-order valence-corrected chi connectivity index (χ0v) is 14.8. The van der Waals surface area contributed by atoms with Crippen LogP contribution in [0.2, 0.25) is 5.02 Å². The van der Waals surface area contributed by atoms with E-state index in [0.717, 1.165) is 6.07 Å². The van der Waals surface area contributed by atoms with Gasteiger partial charge in [-0.1, -0.05) is 11.6 Å². The summed E-state index contributed by atoms with van der Waals surface area (Å²) in [6, 6.07) is 7.33. The number of methoxy groups -OCH3 is 1. The highest BCUT2D eigenvalue weighted by atomic mass is 35.5. The molecule has 3 rings (SSSR count). The van der Waals surface area contributed by atoms with E-state index in [1.807, 2.05) is 6.07 Å². The Morgan fingerprint density at radius 1 is 1.42 bits per heavy atom. The SMILES string of the molecule is COc1nc(NS(=O)(=O)c2[nH]nc3cc(Cl)ccc23)c(F)cc1CC#N. The summed E-state index contributed by atoms with van der Waals surface area (Å²) in [4.78, 5) is 3.80. The van der Waals surface area contributed by atoms with E-state index >= 15 is 0 Å². The van der Waals surface area contributed by atoms with Gasteiger partial charge in [0.15, 0.2) is 16.7 Å². The Hall–Kier alpha value is -2.90. The van der Waals surface area contributed by atoms with Crippen molar-refractivity contribution >= 4 is 38.3 Å². The molecule has 0 bridgehead atoms. The summed E-state index contributed by atoms with van der Waals surface area (Å²) >= 11 is 5.85. The number of nitrogens with zero attached hydrogens (tertiary/aromatic N) is 3. The number of H-pyrrole nitrogens is 1. The third kappa shape index (κ3) is 3.26. The molecule has 0 saturated carbocycles. The third-order valence-corrected chi connectivity index (χ3v) is 5.01. The molecule has 0 aliphatic rings. The highest BCUT2D eigenvalue weighted by Gasteiger charge is 2.24. The van der Waals surface area contributed by atoms with Crippen molar-refractivity contribution in [2.75, 3.05) is 11.8 Å². The van der Waals surface area contributed by atoms with E-state index in [-0.39, 0.29) is 28.3 Å². The van der Waals surface area contributed by atoms with Crippen molar-refractivity contribution in [3.63, 3.8) is 0 Å². The molecule has 8 nitrogen and oxygen atoms in total. The van der Waals surface area contributed by atoms with Gasteiger partial charge < -0.3 is 4.74 Å². The number of nitriles is 1. The second kappa shape index (κ2) is 6.78. The molecule has 0 fully saturated rings. The van der Waals surface area contributed by atoms with Crippen LogP contribution in [-0.4, -0.2) is 30.7 Å². The number of anilines is 1. The van der Waals surface area contributed by atoms with Crippen molar-refractivity contribution in [1.29, 1.82) is 5.26 Å². The van der Waals surface area contributed by atoms with Gasteiger partial charge in [0.25, 0.3) is 10.0 Å². The number of halogens is 2. The molecule has 2 aromatic heterocycles. The maximum absolute atomic E-state index is 14.2. The summed E-state index contributed by atoms with van der Waals surface area (Å²) < 4.78 is 46.5. The lowest BCUT2D eigenvalue weighted by Gasteiger charge is -2.11. The predicted molar refractivity (Wildman–Crippen MR) is 92.0 cm³/mol. The van der Waals surface area contributed by atoms with Crippen LogP contribution in [0.4, 0.5) is 10.2 Å². The summed E-state index contributed by atoms with van der Waals surface area (Å²) in [7, 11) is -2.93. The number of sulfonamides is 1. The number of benzene rings is 1. The molecule has 2 heterocycles. The van der Waals surface area contributed by atoms with E-state index in [0.29, 0.717) is 10.5 Å². The molecular formula is C15H11ClFN5O3S. The van der Waals surface area contributed by atoms with Crippen molar-refractivity contribution in [2.24, 2.45) is 0 Å². The lowest BCUT2D eigenvalue weighted by Crippen LogP contribution is -2.16. The molecule has 0 spiro atoms. The normalized spacial score (nSPS) is 11.3. The molecule has 0 amide bonds. The van der Waals surface area contributed by atoms with Gasteiger partial charge >= 0.3 is 0 Å². The molecule has 11 heteroatoms. The van der Waals surface area contributed by atoms with Crippen LogP contribution in [0.3, 0.4) is 0 Å². The minimum absolute atomic E-state index is 0.0492. The lowest BCUT2D eigenvalue weighted by atomic mass is 10.2. The third-order valence-electron chi connectivity index (χ3n) is 3.46. The molecule has 0 unspecified atom stereocenters. The summed E-state index contributed by atoms with van der Waals surface area (Å²) in [6.07, 6.45) is -0.133. The average Bonchev–Trinajstić information content (AvgIpc) is 3.01. The number of nitrogens with one attached hydrogen (secondary N) is 2. The highest BCUT2D eigenvalue weighted by Crippen LogP contribution is 2.27. The number of aromatic nitrogens is 3. The van der Waals surface area contributed by atoms with Crippen LogP contribution in [0.5, 0.6) is 5.88 Å². The van der Waals surface area contributed by atoms with Crippen molar-refractivity contribution < 1.29 is 17.5 Å². The van der Waals surface area contributed by atoms with E-state index in [2.05, 4.69) is 19.9 Å². The summed E-state index contributed by atoms with van der Waals surface area (Å²) in [5.41, 5.74) is 0.547. The van der Waals surface area contributed by atoms with E-state index < -0.39 is 21.7 Å². The topological polar surface area (TPSA) is 121 Å². The second-order valence-electron chi connectivity index (χ2n) is 5.14. The van der Waals surface area contributed by atoms with Gasteiger partial charge in [-0.2, -0.15) is 23.8 Å². The molecule has 26 heavy (non-hydrogen) atoms. The largest absolute Gasteiger partial charge is 0.481 e. The minimum atomic E-state index is -4.22. The maximum Gasteiger partial charge on any atom is 0.280 e. The first-order chi connectivity index (χ1) is 12.4. The first-order valence-corrected chi connectivity index (χ1v) is 8.98. The molecule has 0 aliphatic heterocycles. The molecule has 0 radical (unpaired) electrons. The van der Waals surface area contributed by atoms with Crippen LogP contribution in [0.25, 0.3) is 10.9 Å². The monoisotopic (exact) mass is 395 g/mol. The van der Waals surface area contributed by atoms with Gasteiger partial charge in [-0.25, -0.2) is 4.39 Å². The Morgan fingerprint density at radius 2 is 2.19 bits per heavy atom. The van der Waals surface area contributed by atoms with E-state index in [1.54, 1.807) is 0 Å². The zero-order chi connectivity index (χ0) is 18.9. The maximum atomic E-state index is 14.2. The van der Waals surface area contributed by atoms with Crippen LogP contribution >= 0.6 is 11.6 Å². The van der Waals surface area contributed by atoms with Crippen LogP contribution in [0.1, 0.15) is 5.56 Å². The Morgan fingerprint density at radius 3 is 2.88 bits per heavy atom. The quantitative estimate of drug-likeness (QED) is 0.685. The molecular weight excluding hydrogens is 385 g/mol.